The zero-order valence-corrected chi connectivity index (χ0v) is 12.8. The van der Waals surface area contributed by atoms with Crippen molar-refractivity contribution >= 4 is 21.6 Å². The third-order valence-electron chi connectivity index (χ3n) is 3.59. The Kier molecular flexibility index (Phi) is 4.65. The molecule has 18 heavy (non-hydrogen) atoms. The average molecular weight is 312 g/mol. The molecule has 0 radical (unpaired) electrons. The Hall–Kier alpha value is -0.580. The highest BCUT2D eigenvalue weighted by Crippen LogP contribution is 2.27. The van der Waals surface area contributed by atoms with Crippen molar-refractivity contribution in [3.63, 3.8) is 0 Å². The largest absolute Gasteiger partial charge is 0.398 e. The standard InChI is InChI=1S/C14H22BrN3/c1-17(2)9-11-5-4-8-18(11)10-12-13(15)6-3-7-14(12)16/h3,6-7,11H,4-5,8-10,16H2,1-2H3. The second-order valence-electron chi connectivity index (χ2n) is 5.34. The fourth-order valence-corrected chi connectivity index (χ4v) is 3.18. The lowest BCUT2D eigenvalue weighted by atomic mass is 10.1. The van der Waals surface area contributed by atoms with Gasteiger partial charge in [-0.05, 0) is 45.6 Å². The Morgan fingerprint density at radius 3 is 2.89 bits per heavy atom. The van der Waals surface area contributed by atoms with E-state index in [0.717, 1.165) is 23.2 Å². The maximum absolute atomic E-state index is 6.08. The van der Waals surface area contributed by atoms with E-state index in [4.69, 9.17) is 5.73 Å². The Morgan fingerprint density at radius 2 is 2.22 bits per heavy atom. The van der Waals surface area contributed by atoms with Crippen LogP contribution in [0, 0.1) is 0 Å². The second kappa shape index (κ2) is 6.04. The lowest BCUT2D eigenvalue weighted by molar-refractivity contribution is 0.201. The van der Waals surface area contributed by atoms with E-state index in [0.29, 0.717) is 6.04 Å². The third kappa shape index (κ3) is 3.25. The first-order valence-corrected chi connectivity index (χ1v) is 7.29. The normalized spacial score (nSPS) is 20.8. The monoisotopic (exact) mass is 311 g/mol. The van der Waals surface area contributed by atoms with Crippen LogP contribution < -0.4 is 5.73 Å². The van der Waals surface area contributed by atoms with Gasteiger partial charge in [0.25, 0.3) is 0 Å². The molecule has 1 saturated heterocycles. The van der Waals surface area contributed by atoms with Crippen LogP contribution in [0.3, 0.4) is 0 Å². The van der Waals surface area contributed by atoms with E-state index in [1.54, 1.807) is 0 Å². The zero-order chi connectivity index (χ0) is 13.1. The van der Waals surface area contributed by atoms with E-state index in [1.165, 1.54) is 24.9 Å². The Labute approximate surface area is 118 Å². The highest BCUT2D eigenvalue weighted by atomic mass is 79.9. The quantitative estimate of drug-likeness (QED) is 0.867. The van der Waals surface area contributed by atoms with Crippen molar-refractivity contribution < 1.29 is 0 Å². The SMILES string of the molecule is CN(C)CC1CCCN1Cc1c(N)cccc1Br. The molecule has 1 unspecified atom stereocenters. The molecule has 100 valence electrons. The maximum Gasteiger partial charge on any atom is 0.0371 e. The minimum atomic E-state index is 0.659. The number of rotatable bonds is 4. The van der Waals surface area contributed by atoms with Crippen LogP contribution in [-0.2, 0) is 6.54 Å². The molecule has 1 aromatic carbocycles. The topological polar surface area (TPSA) is 32.5 Å². The first kappa shape index (κ1) is 13.8. The molecular weight excluding hydrogens is 290 g/mol. The number of likely N-dealkylation sites (N-methyl/N-ethyl adjacent to an activating group) is 1. The van der Waals surface area contributed by atoms with E-state index in [9.17, 15) is 0 Å². The number of halogens is 1. The van der Waals surface area contributed by atoms with Gasteiger partial charge in [-0.2, -0.15) is 0 Å². The molecule has 0 spiro atoms. The zero-order valence-electron chi connectivity index (χ0n) is 11.2. The molecule has 2 rings (SSSR count). The van der Waals surface area contributed by atoms with Crippen molar-refractivity contribution in [2.24, 2.45) is 0 Å². The average Bonchev–Trinajstić information content (AvgIpc) is 2.70. The van der Waals surface area contributed by atoms with Crippen LogP contribution in [0.1, 0.15) is 18.4 Å². The van der Waals surface area contributed by atoms with E-state index < -0.39 is 0 Å². The minimum Gasteiger partial charge on any atom is -0.398 e. The van der Waals surface area contributed by atoms with E-state index in [-0.39, 0.29) is 0 Å². The molecule has 2 N–H and O–H groups in total. The maximum atomic E-state index is 6.08. The first-order chi connectivity index (χ1) is 8.58. The number of benzene rings is 1. The molecule has 1 aromatic rings. The molecule has 1 heterocycles. The Bertz CT molecular complexity index is 386. The number of hydrogen-bond acceptors (Lipinski definition) is 3. The molecule has 1 aliphatic rings. The molecule has 0 aliphatic carbocycles. The minimum absolute atomic E-state index is 0.659. The summed E-state index contributed by atoms with van der Waals surface area (Å²) in [5, 5.41) is 0. The van der Waals surface area contributed by atoms with Gasteiger partial charge in [-0.1, -0.05) is 22.0 Å². The molecule has 0 saturated carbocycles. The van der Waals surface area contributed by atoms with Crippen LogP contribution in [0.15, 0.2) is 22.7 Å². The molecule has 1 aliphatic heterocycles. The molecule has 3 nitrogen and oxygen atoms in total. The van der Waals surface area contributed by atoms with Gasteiger partial charge in [0.05, 0.1) is 0 Å². The van der Waals surface area contributed by atoms with Crippen LogP contribution in [0.5, 0.6) is 0 Å². The number of likely N-dealkylation sites (tertiary alicyclic amines) is 1. The number of nitrogens with zero attached hydrogens (tertiary/aromatic N) is 2. The highest BCUT2D eigenvalue weighted by molar-refractivity contribution is 9.10. The number of nitrogens with two attached hydrogens (primary N) is 1. The summed E-state index contributed by atoms with van der Waals surface area (Å²) in [5.41, 5.74) is 8.19. The summed E-state index contributed by atoms with van der Waals surface area (Å²) in [6.07, 6.45) is 2.59. The molecule has 1 fully saturated rings. The fraction of sp³-hybridized carbons (Fsp3) is 0.571. The van der Waals surface area contributed by atoms with Crippen molar-refractivity contribution in [1.29, 1.82) is 0 Å². The first-order valence-electron chi connectivity index (χ1n) is 6.49. The van der Waals surface area contributed by atoms with Gasteiger partial charge in [0.1, 0.15) is 0 Å². The Balaban J connectivity index is 2.08. The van der Waals surface area contributed by atoms with E-state index in [2.05, 4.69) is 45.9 Å². The van der Waals surface area contributed by atoms with Crippen LogP contribution in [0.4, 0.5) is 5.69 Å². The van der Waals surface area contributed by atoms with Gasteiger partial charge in [-0.25, -0.2) is 0 Å². The van der Waals surface area contributed by atoms with E-state index in [1.807, 2.05) is 12.1 Å². The van der Waals surface area contributed by atoms with Crippen LogP contribution in [-0.4, -0.2) is 43.0 Å². The summed E-state index contributed by atoms with van der Waals surface area (Å²) in [7, 11) is 4.28. The van der Waals surface area contributed by atoms with E-state index >= 15 is 0 Å². The van der Waals surface area contributed by atoms with Crippen molar-refractivity contribution in [2.75, 3.05) is 32.9 Å². The smallest absolute Gasteiger partial charge is 0.0371 e. The third-order valence-corrected chi connectivity index (χ3v) is 4.33. The van der Waals surface area contributed by atoms with Crippen molar-refractivity contribution in [2.45, 2.75) is 25.4 Å². The van der Waals surface area contributed by atoms with Gasteiger partial charge in [-0.3, -0.25) is 4.90 Å². The van der Waals surface area contributed by atoms with Gasteiger partial charge in [0, 0.05) is 34.9 Å². The number of nitrogen functional groups attached to an aromatic ring is 1. The predicted octanol–water partition coefficient (Wildman–Crippen LogP) is 2.56. The summed E-state index contributed by atoms with van der Waals surface area (Å²) >= 11 is 3.61. The van der Waals surface area contributed by atoms with Gasteiger partial charge in [-0.15, -0.1) is 0 Å². The summed E-state index contributed by atoms with van der Waals surface area (Å²) in [6.45, 7) is 3.26. The summed E-state index contributed by atoms with van der Waals surface area (Å²) in [6, 6.07) is 6.70. The number of anilines is 1. The van der Waals surface area contributed by atoms with Crippen molar-refractivity contribution in [3.8, 4) is 0 Å². The van der Waals surface area contributed by atoms with Gasteiger partial charge >= 0.3 is 0 Å². The summed E-state index contributed by atoms with van der Waals surface area (Å²) in [4.78, 5) is 4.82. The lowest BCUT2D eigenvalue weighted by Crippen LogP contribution is -2.37. The molecule has 0 bridgehead atoms. The number of hydrogen-bond donors (Lipinski definition) is 1. The molecule has 0 aromatic heterocycles. The van der Waals surface area contributed by atoms with Gasteiger partial charge in [0.15, 0.2) is 0 Å². The molecular formula is C14H22BrN3. The lowest BCUT2D eigenvalue weighted by Gasteiger charge is -2.27. The van der Waals surface area contributed by atoms with Crippen LogP contribution in [0.25, 0.3) is 0 Å². The molecule has 0 amide bonds. The fourth-order valence-electron chi connectivity index (χ4n) is 2.68. The predicted molar refractivity (Wildman–Crippen MR) is 80.5 cm³/mol. The molecule has 1 atom stereocenters. The highest BCUT2D eigenvalue weighted by Gasteiger charge is 2.25. The van der Waals surface area contributed by atoms with Crippen LogP contribution in [0.2, 0.25) is 0 Å². The van der Waals surface area contributed by atoms with Gasteiger partial charge in [0.2, 0.25) is 0 Å². The summed E-state index contributed by atoms with van der Waals surface area (Å²) in [5.74, 6) is 0. The van der Waals surface area contributed by atoms with Crippen LogP contribution >= 0.6 is 15.9 Å². The van der Waals surface area contributed by atoms with Crippen molar-refractivity contribution in [1.82, 2.24) is 9.80 Å². The van der Waals surface area contributed by atoms with Gasteiger partial charge < -0.3 is 10.6 Å². The Morgan fingerprint density at radius 1 is 1.44 bits per heavy atom. The second-order valence-corrected chi connectivity index (χ2v) is 6.19. The molecule has 4 heteroatoms. The summed E-state index contributed by atoms with van der Waals surface area (Å²) < 4.78 is 1.12. The van der Waals surface area contributed by atoms with Crippen molar-refractivity contribution in [3.05, 3.63) is 28.2 Å².